The van der Waals surface area contributed by atoms with E-state index in [4.69, 9.17) is 5.73 Å². The number of nitrogens with two attached hydrogens (primary N) is 1. The van der Waals surface area contributed by atoms with Gasteiger partial charge in [0.25, 0.3) is 0 Å². The number of nitrogens with one attached hydrogen (secondary N) is 1. The van der Waals surface area contributed by atoms with Crippen LogP contribution >= 0.6 is 0 Å². The molecule has 1 saturated carbocycles. The van der Waals surface area contributed by atoms with Gasteiger partial charge in [0.05, 0.1) is 0 Å². The molecule has 1 aromatic rings. The van der Waals surface area contributed by atoms with E-state index in [9.17, 15) is 4.79 Å². The lowest BCUT2D eigenvalue weighted by molar-refractivity contribution is 0.101. The smallest absolute Gasteiger partial charge is 0.161 e. The van der Waals surface area contributed by atoms with Gasteiger partial charge in [-0.15, -0.1) is 0 Å². The number of anilines is 2. The zero-order valence-corrected chi connectivity index (χ0v) is 10.3. The SMILES string of the molecule is CC(=O)c1cc(NCC2CCCC2)ccc1N. The van der Waals surface area contributed by atoms with Crippen molar-refractivity contribution in [3.8, 4) is 0 Å². The molecule has 0 heterocycles. The van der Waals surface area contributed by atoms with Crippen molar-refractivity contribution in [2.75, 3.05) is 17.6 Å². The quantitative estimate of drug-likeness (QED) is 0.619. The van der Waals surface area contributed by atoms with Crippen LogP contribution in [0.3, 0.4) is 0 Å². The lowest BCUT2D eigenvalue weighted by Gasteiger charge is -2.13. The molecule has 3 nitrogen and oxygen atoms in total. The molecule has 0 bridgehead atoms. The zero-order valence-electron chi connectivity index (χ0n) is 10.3. The molecule has 2 rings (SSSR count). The predicted octanol–water partition coefficient (Wildman–Crippen LogP) is 3.07. The topological polar surface area (TPSA) is 55.1 Å². The highest BCUT2D eigenvalue weighted by Crippen LogP contribution is 2.25. The van der Waals surface area contributed by atoms with Crippen molar-refractivity contribution >= 4 is 17.2 Å². The van der Waals surface area contributed by atoms with Crippen molar-refractivity contribution in [3.63, 3.8) is 0 Å². The van der Waals surface area contributed by atoms with E-state index in [1.165, 1.54) is 25.7 Å². The molecule has 1 aromatic carbocycles. The standard InChI is InChI=1S/C14H20N2O/c1-10(17)13-8-12(6-7-14(13)15)16-9-11-4-2-3-5-11/h6-8,11,16H,2-5,9,15H2,1H3. The van der Waals surface area contributed by atoms with Crippen LogP contribution in [-0.4, -0.2) is 12.3 Å². The largest absolute Gasteiger partial charge is 0.398 e. The van der Waals surface area contributed by atoms with Crippen LogP contribution in [0.5, 0.6) is 0 Å². The minimum absolute atomic E-state index is 0.0204. The summed E-state index contributed by atoms with van der Waals surface area (Å²) in [4.78, 5) is 11.4. The Bertz CT molecular complexity index is 409. The highest BCUT2D eigenvalue weighted by molar-refractivity contribution is 5.99. The van der Waals surface area contributed by atoms with Gasteiger partial charge in [0.2, 0.25) is 0 Å². The molecule has 0 aromatic heterocycles. The van der Waals surface area contributed by atoms with Gasteiger partial charge in [-0.25, -0.2) is 0 Å². The molecule has 1 aliphatic rings. The summed E-state index contributed by atoms with van der Waals surface area (Å²) >= 11 is 0. The summed E-state index contributed by atoms with van der Waals surface area (Å²) < 4.78 is 0. The lowest BCUT2D eigenvalue weighted by atomic mass is 10.1. The second-order valence-electron chi connectivity index (χ2n) is 4.89. The van der Waals surface area contributed by atoms with E-state index in [1.807, 2.05) is 12.1 Å². The Labute approximate surface area is 102 Å². The van der Waals surface area contributed by atoms with E-state index in [1.54, 1.807) is 13.0 Å². The fraction of sp³-hybridized carbons (Fsp3) is 0.500. The molecule has 1 fully saturated rings. The molecule has 1 aliphatic carbocycles. The summed E-state index contributed by atoms with van der Waals surface area (Å²) in [5.41, 5.74) is 7.93. The van der Waals surface area contributed by atoms with Crippen LogP contribution < -0.4 is 11.1 Å². The Balaban J connectivity index is 2.00. The zero-order chi connectivity index (χ0) is 12.3. The third kappa shape index (κ3) is 2.99. The Morgan fingerprint density at radius 3 is 2.76 bits per heavy atom. The van der Waals surface area contributed by atoms with E-state index in [0.29, 0.717) is 11.3 Å². The van der Waals surface area contributed by atoms with Crippen LogP contribution in [-0.2, 0) is 0 Å². The number of hydrogen-bond donors (Lipinski definition) is 2. The summed E-state index contributed by atoms with van der Waals surface area (Å²) in [7, 11) is 0. The van der Waals surface area contributed by atoms with Gasteiger partial charge in [-0.3, -0.25) is 4.79 Å². The van der Waals surface area contributed by atoms with Crippen molar-refractivity contribution in [2.45, 2.75) is 32.6 Å². The van der Waals surface area contributed by atoms with Crippen LogP contribution in [0.2, 0.25) is 0 Å². The predicted molar refractivity (Wildman–Crippen MR) is 71.3 cm³/mol. The minimum atomic E-state index is 0.0204. The molecular weight excluding hydrogens is 212 g/mol. The van der Waals surface area contributed by atoms with E-state index in [-0.39, 0.29) is 5.78 Å². The molecule has 92 valence electrons. The maximum Gasteiger partial charge on any atom is 0.161 e. The number of carbonyl (C=O) groups excluding carboxylic acids is 1. The first kappa shape index (κ1) is 12.0. The van der Waals surface area contributed by atoms with Crippen LogP contribution in [0.25, 0.3) is 0 Å². The maximum atomic E-state index is 11.4. The molecule has 17 heavy (non-hydrogen) atoms. The van der Waals surface area contributed by atoms with Gasteiger partial charge < -0.3 is 11.1 Å². The van der Waals surface area contributed by atoms with Gasteiger partial charge in [-0.1, -0.05) is 12.8 Å². The fourth-order valence-corrected chi connectivity index (χ4v) is 2.45. The molecule has 0 saturated heterocycles. The van der Waals surface area contributed by atoms with Crippen molar-refractivity contribution < 1.29 is 4.79 Å². The number of rotatable bonds is 4. The average molecular weight is 232 g/mol. The van der Waals surface area contributed by atoms with Crippen LogP contribution in [0.1, 0.15) is 43.0 Å². The van der Waals surface area contributed by atoms with E-state index < -0.39 is 0 Å². The van der Waals surface area contributed by atoms with Gasteiger partial charge in [0, 0.05) is 23.5 Å². The number of nitrogen functional groups attached to an aromatic ring is 1. The highest BCUT2D eigenvalue weighted by atomic mass is 16.1. The van der Waals surface area contributed by atoms with Crippen LogP contribution in [0.4, 0.5) is 11.4 Å². The third-order valence-electron chi connectivity index (χ3n) is 3.50. The van der Waals surface area contributed by atoms with E-state index in [0.717, 1.165) is 18.2 Å². The van der Waals surface area contributed by atoms with Crippen molar-refractivity contribution in [1.29, 1.82) is 0 Å². The van der Waals surface area contributed by atoms with Crippen molar-refractivity contribution in [2.24, 2.45) is 5.92 Å². The maximum absolute atomic E-state index is 11.4. The van der Waals surface area contributed by atoms with Gasteiger partial charge in [0.15, 0.2) is 5.78 Å². The first-order valence-corrected chi connectivity index (χ1v) is 6.31. The molecule has 0 unspecified atom stereocenters. The molecule has 0 amide bonds. The Morgan fingerprint density at radius 2 is 2.12 bits per heavy atom. The lowest BCUT2D eigenvalue weighted by Crippen LogP contribution is -2.11. The number of ketones is 1. The summed E-state index contributed by atoms with van der Waals surface area (Å²) in [6, 6.07) is 5.59. The summed E-state index contributed by atoms with van der Waals surface area (Å²) in [6.45, 7) is 2.55. The normalized spacial score (nSPS) is 16.1. The van der Waals surface area contributed by atoms with Gasteiger partial charge in [0.1, 0.15) is 0 Å². The Kier molecular flexibility index (Phi) is 3.67. The van der Waals surface area contributed by atoms with Gasteiger partial charge in [-0.2, -0.15) is 0 Å². The average Bonchev–Trinajstić information content (AvgIpc) is 2.80. The molecule has 0 atom stereocenters. The number of Topliss-reactive ketones (excluding diaryl/α,β-unsaturated/α-hetero) is 1. The Morgan fingerprint density at radius 1 is 1.41 bits per heavy atom. The summed E-state index contributed by atoms with van der Waals surface area (Å²) in [5, 5.41) is 3.40. The van der Waals surface area contributed by atoms with Crippen molar-refractivity contribution in [3.05, 3.63) is 23.8 Å². The monoisotopic (exact) mass is 232 g/mol. The first-order valence-electron chi connectivity index (χ1n) is 6.31. The number of benzene rings is 1. The summed E-state index contributed by atoms with van der Waals surface area (Å²) in [6.07, 6.45) is 5.35. The number of hydrogen-bond acceptors (Lipinski definition) is 3. The molecular formula is C14H20N2O. The first-order chi connectivity index (χ1) is 8.16. The highest BCUT2D eigenvalue weighted by Gasteiger charge is 2.14. The second kappa shape index (κ2) is 5.21. The van der Waals surface area contributed by atoms with E-state index in [2.05, 4.69) is 5.32 Å². The van der Waals surface area contributed by atoms with Crippen molar-refractivity contribution in [1.82, 2.24) is 0 Å². The van der Waals surface area contributed by atoms with Gasteiger partial charge >= 0.3 is 0 Å². The van der Waals surface area contributed by atoms with Crippen LogP contribution in [0.15, 0.2) is 18.2 Å². The number of carbonyl (C=O) groups is 1. The van der Waals surface area contributed by atoms with E-state index >= 15 is 0 Å². The fourth-order valence-electron chi connectivity index (χ4n) is 2.45. The molecule has 3 N–H and O–H groups in total. The Hall–Kier alpha value is -1.51. The third-order valence-corrected chi connectivity index (χ3v) is 3.50. The molecule has 3 heteroatoms. The summed E-state index contributed by atoms with van der Waals surface area (Å²) in [5.74, 6) is 0.806. The molecule has 0 radical (unpaired) electrons. The second-order valence-corrected chi connectivity index (χ2v) is 4.89. The van der Waals surface area contributed by atoms with Gasteiger partial charge in [-0.05, 0) is 43.9 Å². The minimum Gasteiger partial charge on any atom is -0.398 e. The molecule has 0 spiro atoms. The van der Waals surface area contributed by atoms with Crippen LogP contribution in [0, 0.1) is 5.92 Å². The molecule has 0 aliphatic heterocycles.